The molecule has 0 radical (unpaired) electrons. The zero-order valence-electron chi connectivity index (χ0n) is 25.5. The van der Waals surface area contributed by atoms with Crippen molar-refractivity contribution < 1.29 is 31.7 Å². The molecule has 4 aliphatic carbocycles. The van der Waals surface area contributed by atoms with Crippen LogP contribution in [0.3, 0.4) is 0 Å². The van der Waals surface area contributed by atoms with E-state index in [1.807, 2.05) is 0 Å². The molecule has 4 aliphatic rings. The third-order valence-corrected chi connectivity index (χ3v) is 13.8. The van der Waals surface area contributed by atoms with Crippen LogP contribution in [0.4, 0.5) is 0 Å². The molecule has 4 rings (SSSR count). The largest absolute Gasteiger partial charge is 0.697 e. The molecular weight excluding hydrogens is 534 g/mol. The van der Waals surface area contributed by atoms with Gasteiger partial charge in [-0.15, -0.1) is 9.05 Å². The van der Waals surface area contributed by atoms with Crippen molar-refractivity contribution in [2.75, 3.05) is 21.3 Å². The van der Waals surface area contributed by atoms with Crippen LogP contribution in [0.5, 0.6) is 0 Å². The Morgan fingerprint density at radius 2 is 1.72 bits per heavy atom. The molecule has 0 aromatic rings. The molecular formula is C30H53O7P2+. The van der Waals surface area contributed by atoms with Crippen molar-refractivity contribution in [1.29, 1.82) is 0 Å². The fourth-order valence-electron chi connectivity index (χ4n) is 9.33. The van der Waals surface area contributed by atoms with Crippen LogP contribution in [-0.4, -0.2) is 33.5 Å². The Morgan fingerprint density at radius 3 is 2.36 bits per heavy atom. The van der Waals surface area contributed by atoms with E-state index in [0.717, 1.165) is 56.3 Å². The van der Waals surface area contributed by atoms with Gasteiger partial charge in [-0.3, -0.25) is 13.6 Å². The highest BCUT2D eigenvalue weighted by Crippen LogP contribution is 2.68. The van der Waals surface area contributed by atoms with Crippen molar-refractivity contribution in [1.82, 2.24) is 0 Å². The topological polar surface area (TPSA) is 80.3 Å². The van der Waals surface area contributed by atoms with Crippen molar-refractivity contribution in [3.63, 3.8) is 0 Å². The number of fused-ring (bicyclic) bond motifs is 5. The molecule has 10 atom stereocenters. The number of hydrogen-bond donors (Lipinski definition) is 0. The van der Waals surface area contributed by atoms with Crippen molar-refractivity contribution in [2.24, 2.45) is 46.3 Å². The van der Waals surface area contributed by atoms with Gasteiger partial charge < -0.3 is 0 Å². The minimum atomic E-state index is -3.47. The van der Waals surface area contributed by atoms with Gasteiger partial charge in [-0.05, 0) is 111 Å². The van der Waals surface area contributed by atoms with Crippen molar-refractivity contribution in [3.05, 3.63) is 11.6 Å². The quantitative estimate of drug-likeness (QED) is 0.166. The Hall–Kier alpha value is -0.130. The first-order valence-corrected chi connectivity index (χ1v) is 17.7. The molecule has 7 nitrogen and oxygen atoms in total. The van der Waals surface area contributed by atoms with Gasteiger partial charge in [0.25, 0.3) is 0 Å². The van der Waals surface area contributed by atoms with Gasteiger partial charge in [0.1, 0.15) is 6.10 Å². The van der Waals surface area contributed by atoms with E-state index in [9.17, 15) is 9.13 Å². The molecule has 0 amide bonds. The van der Waals surface area contributed by atoms with Gasteiger partial charge in [0.05, 0.1) is 13.2 Å². The van der Waals surface area contributed by atoms with Crippen LogP contribution in [0, 0.1) is 46.3 Å². The standard InChI is InChI=1S/C30H53O7P2/c1-20(2)28(36-38(31)33-6)14-9-21(3)25-12-13-26-24-11-10-22-19-23(37-39(32,34-7)35-8)15-17-29(22,4)27(24)16-18-30(25,26)5/h10,20-21,23-28H,9,11-19H2,1-8H3/q+1/t21-,23+,24+,25-,26+,27+,28?,29+,30-/m1/s1. The second-order valence-corrected chi connectivity index (χ2v) is 16.5. The average molecular weight is 588 g/mol. The summed E-state index contributed by atoms with van der Waals surface area (Å²) in [6, 6.07) is 0. The first-order valence-electron chi connectivity index (χ1n) is 15.2. The summed E-state index contributed by atoms with van der Waals surface area (Å²) in [6.45, 7) is 11.8. The summed E-state index contributed by atoms with van der Waals surface area (Å²) in [4.78, 5) is 0. The molecule has 0 aliphatic heterocycles. The van der Waals surface area contributed by atoms with Crippen LogP contribution < -0.4 is 0 Å². The van der Waals surface area contributed by atoms with Gasteiger partial charge in [0.2, 0.25) is 0 Å². The summed E-state index contributed by atoms with van der Waals surface area (Å²) in [5.74, 6) is 3.90. The number of phosphoric ester groups is 1. The fraction of sp³-hybridized carbons (Fsp3) is 0.933. The predicted molar refractivity (Wildman–Crippen MR) is 154 cm³/mol. The van der Waals surface area contributed by atoms with E-state index in [0.29, 0.717) is 23.2 Å². The number of allylic oxidation sites excluding steroid dienone is 1. The molecule has 0 bridgehead atoms. The van der Waals surface area contributed by atoms with Gasteiger partial charge in [-0.25, -0.2) is 4.57 Å². The monoisotopic (exact) mass is 587 g/mol. The number of hydrogen-bond acceptors (Lipinski definition) is 7. The van der Waals surface area contributed by atoms with Crippen LogP contribution in [0.25, 0.3) is 0 Å². The smallest absolute Gasteiger partial charge is 0.290 e. The molecule has 0 aromatic carbocycles. The van der Waals surface area contributed by atoms with Crippen LogP contribution in [-0.2, 0) is 31.7 Å². The Morgan fingerprint density at radius 1 is 1.00 bits per heavy atom. The zero-order valence-corrected chi connectivity index (χ0v) is 27.3. The molecule has 2 unspecified atom stereocenters. The second kappa shape index (κ2) is 12.6. The lowest BCUT2D eigenvalue weighted by atomic mass is 9.47. The average Bonchev–Trinajstić information content (AvgIpc) is 3.27. The van der Waals surface area contributed by atoms with E-state index in [-0.39, 0.29) is 17.6 Å². The molecule has 224 valence electrons. The first-order chi connectivity index (χ1) is 18.4. The predicted octanol–water partition coefficient (Wildman–Crippen LogP) is 9.11. The highest BCUT2D eigenvalue weighted by Gasteiger charge is 2.59. The van der Waals surface area contributed by atoms with Gasteiger partial charge in [0.15, 0.2) is 0 Å². The third-order valence-electron chi connectivity index (χ3n) is 11.6. The minimum Gasteiger partial charge on any atom is -0.290 e. The summed E-state index contributed by atoms with van der Waals surface area (Å²) in [6.07, 6.45) is 13.6. The van der Waals surface area contributed by atoms with E-state index in [2.05, 4.69) is 40.7 Å². The van der Waals surface area contributed by atoms with Crippen LogP contribution >= 0.6 is 16.1 Å². The minimum absolute atomic E-state index is 0.0283. The van der Waals surface area contributed by atoms with E-state index in [4.69, 9.17) is 22.6 Å². The lowest BCUT2D eigenvalue weighted by Crippen LogP contribution is -2.51. The van der Waals surface area contributed by atoms with Crippen LogP contribution in [0.2, 0.25) is 0 Å². The first kappa shape index (κ1) is 31.8. The van der Waals surface area contributed by atoms with Crippen molar-refractivity contribution in [3.8, 4) is 0 Å². The number of phosphoric acid groups is 1. The normalized spacial score (nSPS) is 38.4. The zero-order chi connectivity index (χ0) is 28.6. The maximum atomic E-state index is 12.6. The molecule has 9 heteroatoms. The molecule has 39 heavy (non-hydrogen) atoms. The highest BCUT2D eigenvalue weighted by molar-refractivity contribution is 7.48. The summed E-state index contributed by atoms with van der Waals surface area (Å²) in [5, 5.41) is 0. The van der Waals surface area contributed by atoms with Gasteiger partial charge >= 0.3 is 16.1 Å². The Balaban J connectivity index is 1.42. The van der Waals surface area contributed by atoms with Gasteiger partial charge in [0, 0.05) is 18.8 Å². The van der Waals surface area contributed by atoms with E-state index in [1.54, 1.807) is 0 Å². The van der Waals surface area contributed by atoms with Crippen molar-refractivity contribution >= 4 is 16.1 Å². The molecule has 3 saturated carbocycles. The summed E-state index contributed by atoms with van der Waals surface area (Å²) >= 11 is 0. The highest BCUT2D eigenvalue weighted by atomic mass is 31.2. The third kappa shape index (κ3) is 6.31. The SMILES string of the molecule is CO[P+](=O)OC(CC[C@@H](C)[C@H]1CC[C@H]2[C@@H]3CC=C4C[C@@H](OP(=O)(OC)OC)CC[C@]4(C)[C@H]3CC[C@]12C)C(C)C. The Kier molecular flexibility index (Phi) is 10.3. The lowest BCUT2D eigenvalue weighted by molar-refractivity contribution is -0.0579. The molecule has 0 heterocycles. The summed E-state index contributed by atoms with van der Waals surface area (Å²) in [7, 11) is -1.29. The maximum Gasteiger partial charge on any atom is 0.697 e. The summed E-state index contributed by atoms with van der Waals surface area (Å²) < 4.78 is 51.1. The maximum absolute atomic E-state index is 12.6. The van der Waals surface area contributed by atoms with E-state index in [1.165, 1.54) is 52.6 Å². The van der Waals surface area contributed by atoms with Gasteiger partial charge in [-0.1, -0.05) is 46.3 Å². The second-order valence-electron chi connectivity index (χ2n) is 13.6. The lowest BCUT2D eigenvalue weighted by Gasteiger charge is -2.58. The van der Waals surface area contributed by atoms with Crippen LogP contribution in [0.1, 0.15) is 98.8 Å². The Bertz CT molecular complexity index is 946. The van der Waals surface area contributed by atoms with E-state index >= 15 is 0 Å². The molecule has 0 aromatic heterocycles. The number of rotatable bonds is 12. The molecule has 3 fully saturated rings. The fourth-order valence-corrected chi connectivity index (χ4v) is 10.8. The Labute approximate surface area is 238 Å². The van der Waals surface area contributed by atoms with Crippen molar-refractivity contribution in [2.45, 2.75) is 111 Å². The van der Waals surface area contributed by atoms with Gasteiger partial charge in [-0.2, -0.15) is 0 Å². The molecule has 0 spiro atoms. The van der Waals surface area contributed by atoms with Crippen LogP contribution in [0.15, 0.2) is 11.6 Å². The molecule has 0 N–H and O–H groups in total. The molecule has 0 saturated heterocycles. The summed E-state index contributed by atoms with van der Waals surface area (Å²) in [5.41, 5.74) is 2.09. The van der Waals surface area contributed by atoms with E-state index < -0.39 is 16.1 Å².